The van der Waals surface area contributed by atoms with Gasteiger partial charge in [-0.3, -0.25) is 9.59 Å². The molecule has 35 heavy (non-hydrogen) atoms. The van der Waals surface area contributed by atoms with Gasteiger partial charge >= 0.3 is 0 Å². The van der Waals surface area contributed by atoms with Gasteiger partial charge in [0.2, 0.25) is 0 Å². The SMILES string of the molecule is CCCCOc1ccc(C(=O)Nc2ccc(NC(=O)c3ccc(OCCCC)cc3)c(Br)c2)cc1. The first-order valence-corrected chi connectivity index (χ1v) is 12.7. The van der Waals surface area contributed by atoms with Crippen molar-refractivity contribution in [3.63, 3.8) is 0 Å². The molecule has 3 rings (SSSR count). The Bertz CT molecular complexity index is 1110. The van der Waals surface area contributed by atoms with Crippen LogP contribution in [0.3, 0.4) is 0 Å². The topological polar surface area (TPSA) is 76.7 Å². The summed E-state index contributed by atoms with van der Waals surface area (Å²) in [6.07, 6.45) is 4.13. The van der Waals surface area contributed by atoms with Crippen molar-refractivity contribution < 1.29 is 19.1 Å². The molecule has 184 valence electrons. The van der Waals surface area contributed by atoms with Crippen molar-refractivity contribution in [3.05, 3.63) is 82.3 Å². The highest BCUT2D eigenvalue weighted by molar-refractivity contribution is 9.10. The average molecular weight is 539 g/mol. The Hall–Kier alpha value is -3.32. The zero-order chi connectivity index (χ0) is 25.0. The summed E-state index contributed by atoms with van der Waals surface area (Å²) in [6, 6.07) is 19.4. The molecule has 0 aliphatic carbocycles. The second-order valence-corrected chi connectivity index (χ2v) is 8.91. The number of amides is 2. The number of halogens is 1. The van der Waals surface area contributed by atoms with Crippen LogP contribution in [0.25, 0.3) is 0 Å². The van der Waals surface area contributed by atoms with Crippen LogP contribution >= 0.6 is 15.9 Å². The van der Waals surface area contributed by atoms with E-state index < -0.39 is 0 Å². The number of hydrogen-bond acceptors (Lipinski definition) is 4. The van der Waals surface area contributed by atoms with Crippen molar-refractivity contribution in [2.45, 2.75) is 39.5 Å². The van der Waals surface area contributed by atoms with E-state index in [1.807, 2.05) is 0 Å². The third kappa shape index (κ3) is 8.14. The summed E-state index contributed by atoms with van der Waals surface area (Å²) in [5.74, 6) is 1.03. The molecule has 0 unspecified atom stereocenters. The van der Waals surface area contributed by atoms with Gasteiger partial charge in [0.25, 0.3) is 11.8 Å². The number of hydrogen-bond donors (Lipinski definition) is 2. The van der Waals surface area contributed by atoms with Gasteiger partial charge in [-0.2, -0.15) is 0 Å². The zero-order valence-corrected chi connectivity index (χ0v) is 21.7. The lowest BCUT2D eigenvalue weighted by Crippen LogP contribution is -2.14. The molecule has 3 aromatic rings. The molecule has 0 spiro atoms. The van der Waals surface area contributed by atoms with E-state index >= 15 is 0 Å². The summed E-state index contributed by atoms with van der Waals surface area (Å²) in [4.78, 5) is 25.3. The molecule has 0 fully saturated rings. The highest BCUT2D eigenvalue weighted by Crippen LogP contribution is 2.27. The zero-order valence-electron chi connectivity index (χ0n) is 20.1. The predicted octanol–water partition coefficient (Wildman–Crippen LogP) is 7.31. The first-order valence-electron chi connectivity index (χ1n) is 11.9. The maximum absolute atomic E-state index is 12.6. The minimum atomic E-state index is -0.233. The van der Waals surface area contributed by atoms with Gasteiger partial charge in [-0.25, -0.2) is 0 Å². The van der Waals surface area contributed by atoms with E-state index in [1.54, 1.807) is 66.7 Å². The Labute approximate surface area is 215 Å². The average Bonchev–Trinajstić information content (AvgIpc) is 2.87. The quantitative estimate of drug-likeness (QED) is 0.237. The summed E-state index contributed by atoms with van der Waals surface area (Å²) in [5.41, 5.74) is 2.27. The lowest BCUT2D eigenvalue weighted by atomic mass is 10.2. The van der Waals surface area contributed by atoms with E-state index in [9.17, 15) is 9.59 Å². The number of carbonyl (C=O) groups excluding carboxylic acids is 2. The van der Waals surface area contributed by atoms with Gasteiger partial charge < -0.3 is 20.1 Å². The smallest absolute Gasteiger partial charge is 0.255 e. The van der Waals surface area contributed by atoms with Crippen LogP contribution in [-0.2, 0) is 0 Å². The van der Waals surface area contributed by atoms with Crippen molar-refractivity contribution >= 4 is 39.1 Å². The van der Waals surface area contributed by atoms with Gasteiger partial charge in [0.15, 0.2) is 0 Å². The lowest BCUT2D eigenvalue weighted by Gasteiger charge is -2.11. The van der Waals surface area contributed by atoms with Gasteiger partial charge in [-0.1, -0.05) is 26.7 Å². The van der Waals surface area contributed by atoms with Crippen LogP contribution in [0.15, 0.2) is 71.2 Å². The molecule has 3 aromatic carbocycles. The largest absolute Gasteiger partial charge is 0.494 e. The van der Waals surface area contributed by atoms with Crippen molar-refractivity contribution in [1.29, 1.82) is 0 Å². The van der Waals surface area contributed by atoms with E-state index in [1.165, 1.54) is 0 Å². The summed E-state index contributed by atoms with van der Waals surface area (Å²) in [5, 5.41) is 5.76. The Morgan fingerprint density at radius 2 is 1.20 bits per heavy atom. The van der Waals surface area contributed by atoms with Gasteiger partial charge in [0.1, 0.15) is 11.5 Å². The normalized spacial score (nSPS) is 10.5. The van der Waals surface area contributed by atoms with Crippen LogP contribution in [0.2, 0.25) is 0 Å². The number of nitrogens with one attached hydrogen (secondary N) is 2. The fourth-order valence-electron chi connectivity index (χ4n) is 3.17. The van der Waals surface area contributed by atoms with Gasteiger partial charge in [-0.15, -0.1) is 0 Å². The van der Waals surface area contributed by atoms with E-state index in [2.05, 4.69) is 40.4 Å². The van der Waals surface area contributed by atoms with Crippen LogP contribution < -0.4 is 20.1 Å². The molecule has 7 heteroatoms. The van der Waals surface area contributed by atoms with Crippen LogP contribution in [0.4, 0.5) is 11.4 Å². The Balaban J connectivity index is 1.56. The minimum absolute atomic E-state index is 0.227. The molecule has 0 radical (unpaired) electrons. The lowest BCUT2D eigenvalue weighted by molar-refractivity contribution is 0.101. The second kappa shape index (κ2) is 13.5. The number of carbonyl (C=O) groups is 2. The van der Waals surface area contributed by atoms with Crippen LogP contribution in [-0.4, -0.2) is 25.0 Å². The molecule has 0 heterocycles. The van der Waals surface area contributed by atoms with E-state index in [-0.39, 0.29) is 11.8 Å². The van der Waals surface area contributed by atoms with Crippen molar-refractivity contribution in [1.82, 2.24) is 0 Å². The van der Waals surface area contributed by atoms with Crippen LogP contribution in [0.5, 0.6) is 11.5 Å². The van der Waals surface area contributed by atoms with Gasteiger partial charge in [-0.05, 0) is 95.5 Å². The van der Waals surface area contributed by atoms with Gasteiger partial charge in [0.05, 0.1) is 18.9 Å². The molecule has 2 N–H and O–H groups in total. The summed E-state index contributed by atoms with van der Waals surface area (Å²) in [7, 11) is 0. The number of benzene rings is 3. The maximum Gasteiger partial charge on any atom is 0.255 e. The number of anilines is 2. The molecule has 0 saturated carbocycles. The second-order valence-electron chi connectivity index (χ2n) is 8.06. The number of ether oxygens (including phenoxy) is 2. The fraction of sp³-hybridized carbons (Fsp3) is 0.286. The number of unbranched alkanes of at least 4 members (excludes halogenated alkanes) is 2. The van der Waals surface area contributed by atoms with E-state index in [4.69, 9.17) is 9.47 Å². The molecule has 6 nitrogen and oxygen atoms in total. The van der Waals surface area contributed by atoms with Crippen LogP contribution in [0.1, 0.15) is 60.2 Å². The summed E-state index contributed by atoms with van der Waals surface area (Å²) >= 11 is 3.48. The van der Waals surface area contributed by atoms with Crippen LogP contribution in [0, 0.1) is 0 Å². The van der Waals surface area contributed by atoms with Crippen molar-refractivity contribution in [2.24, 2.45) is 0 Å². The summed E-state index contributed by atoms with van der Waals surface area (Å²) < 4.78 is 11.9. The first kappa shape index (κ1) is 26.3. The minimum Gasteiger partial charge on any atom is -0.494 e. The molecule has 0 atom stereocenters. The maximum atomic E-state index is 12.6. The summed E-state index contributed by atoms with van der Waals surface area (Å²) in [6.45, 7) is 5.55. The predicted molar refractivity (Wildman–Crippen MR) is 144 cm³/mol. The van der Waals surface area contributed by atoms with E-state index in [0.29, 0.717) is 40.2 Å². The standard InChI is InChI=1S/C28H31BrN2O4/c1-3-5-17-34-23-12-7-20(8-13-23)27(32)30-22-11-16-26(25(29)19-22)31-28(33)21-9-14-24(15-10-21)35-18-6-4-2/h7-16,19H,3-6,17-18H2,1-2H3,(H,30,32)(H,31,33). The molecular weight excluding hydrogens is 508 g/mol. The molecular formula is C28H31BrN2O4. The Morgan fingerprint density at radius 3 is 1.66 bits per heavy atom. The van der Waals surface area contributed by atoms with Gasteiger partial charge in [0, 0.05) is 21.3 Å². The molecule has 0 aliphatic heterocycles. The highest BCUT2D eigenvalue weighted by atomic mass is 79.9. The molecule has 0 aromatic heterocycles. The first-order chi connectivity index (χ1) is 17.0. The Kier molecular flexibility index (Phi) is 10.2. The fourth-order valence-corrected chi connectivity index (χ4v) is 3.64. The molecule has 0 bridgehead atoms. The third-order valence-electron chi connectivity index (χ3n) is 5.24. The Morgan fingerprint density at radius 1 is 0.714 bits per heavy atom. The van der Waals surface area contributed by atoms with Crippen molar-refractivity contribution in [2.75, 3.05) is 23.8 Å². The van der Waals surface area contributed by atoms with Crippen molar-refractivity contribution in [3.8, 4) is 11.5 Å². The number of rotatable bonds is 12. The molecule has 0 aliphatic rings. The monoisotopic (exact) mass is 538 g/mol. The highest BCUT2D eigenvalue weighted by Gasteiger charge is 2.11. The third-order valence-corrected chi connectivity index (χ3v) is 5.90. The molecule has 2 amide bonds. The van der Waals surface area contributed by atoms with E-state index in [0.717, 1.165) is 37.2 Å². The molecule has 0 saturated heterocycles.